The summed E-state index contributed by atoms with van der Waals surface area (Å²) < 4.78 is 21.8. The van der Waals surface area contributed by atoms with Gasteiger partial charge in [0.05, 0.1) is 11.3 Å². The second-order valence-corrected chi connectivity index (χ2v) is 14.3. The molecule has 1 aromatic carbocycles. The number of hydrogen-bond donors (Lipinski definition) is 7. The number of anilines is 1. The van der Waals surface area contributed by atoms with Crippen LogP contribution in [0.5, 0.6) is 5.75 Å². The molecular formula is C36H50N4O15. The molecule has 7 N–H and O–H groups in total. The quantitative estimate of drug-likeness (QED) is 0.0649. The number of ether oxygens (including phenoxy) is 4. The zero-order valence-electron chi connectivity index (χ0n) is 31.4. The third-order valence-electron chi connectivity index (χ3n) is 8.80. The molecular weight excluding hydrogens is 728 g/mol. The van der Waals surface area contributed by atoms with Crippen LogP contribution in [0.2, 0.25) is 0 Å². The Bertz CT molecular complexity index is 1610. The van der Waals surface area contributed by atoms with Gasteiger partial charge in [-0.1, -0.05) is 19.9 Å². The van der Waals surface area contributed by atoms with Crippen LogP contribution in [0.1, 0.15) is 65.9 Å². The molecule has 0 radical (unpaired) electrons. The molecule has 2 aliphatic rings. The van der Waals surface area contributed by atoms with Crippen molar-refractivity contribution < 1.29 is 72.9 Å². The number of aliphatic carboxylic acids is 1. The average Bonchev–Trinajstić information content (AvgIpc) is 3.42. The van der Waals surface area contributed by atoms with Crippen LogP contribution < -0.4 is 20.7 Å². The number of rotatable bonds is 20. The zero-order chi connectivity index (χ0) is 41.1. The first-order chi connectivity index (χ1) is 25.7. The van der Waals surface area contributed by atoms with Gasteiger partial charge in [0.15, 0.2) is 6.10 Å². The molecule has 0 spiro atoms. The fourth-order valence-corrected chi connectivity index (χ4v) is 5.29. The van der Waals surface area contributed by atoms with E-state index in [4.69, 9.17) is 18.9 Å². The molecule has 304 valence electrons. The van der Waals surface area contributed by atoms with Crippen LogP contribution in [-0.4, -0.2) is 129 Å². The van der Waals surface area contributed by atoms with E-state index < -0.39 is 71.4 Å². The third-order valence-corrected chi connectivity index (χ3v) is 8.80. The molecule has 19 nitrogen and oxygen atoms in total. The first-order valence-corrected chi connectivity index (χ1v) is 17.6. The predicted molar refractivity (Wildman–Crippen MR) is 190 cm³/mol. The number of hydrogen-bond acceptors (Lipinski definition) is 14. The Kier molecular flexibility index (Phi) is 15.8. The Morgan fingerprint density at radius 3 is 2.18 bits per heavy atom. The topological polar surface area (TPSA) is 277 Å². The number of carboxylic acids is 1. The van der Waals surface area contributed by atoms with Crippen molar-refractivity contribution in [2.45, 2.75) is 103 Å². The van der Waals surface area contributed by atoms with Crippen molar-refractivity contribution in [3.63, 3.8) is 0 Å². The summed E-state index contributed by atoms with van der Waals surface area (Å²) in [7, 11) is 0. The molecule has 19 heteroatoms. The van der Waals surface area contributed by atoms with E-state index >= 15 is 0 Å². The minimum Gasteiger partial charge on any atom is -0.479 e. The number of esters is 1. The van der Waals surface area contributed by atoms with Crippen LogP contribution in [0, 0.1) is 5.41 Å². The van der Waals surface area contributed by atoms with Gasteiger partial charge in [-0.05, 0) is 44.4 Å². The highest BCUT2D eigenvalue weighted by Gasteiger charge is 2.48. The van der Waals surface area contributed by atoms with Gasteiger partial charge in [-0.25, -0.2) is 4.79 Å². The minimum absolute atomic E-state index is 0.0107. The number of benzene rings is 1. The van der Waals surface area contributed by atoms with E-state index in [1.54, 1.807) is 13.8 Å². The molecule has 0 unspecified atom stereocenters. The highest BCUT2D eigenvalue weighted by molar-refractivity contribution is 6.13. The van der Waals surface area contributed by atoms with Crippen molar-refractivity contribution in [3.8, 4) is 5.75 Å². The van der Waals surface area contributed by atoms with E-state index in [-0.39, 0.29) is 68.9 Å². The summed E-state index contributed by atoms with van der Waals surface area (Å²) in [6.45, 7) is 8.58. The number of nitrogens with one attached hydrogen (secondary N) is 3. The molecule has 2 heterocycles. The minimum atomic E-state index is -1.94. The highest BCUT2D eigenvalue weighted by atomic mass is 16.7. The maximum absolute atomic E-state index is 13.0. The Labute approximate surface area is 317 Å². The standard InChI is InChI=1S/C36H50N4O15/c1-20(41)52-19-21-6-7-23(54-33-30(48)28(46)29(47)31(55-33)32(49)50)22(18-21)39-25(43)10-14-38-34(51)35(2,3)13-17-53-36(4,5)12-15-37-24(42)11-16-40-26(44)8-9-27(40)45/h6-9,18,28-31,33,46-48H,10-17,19H2,1-5H3,(H,37,42)(H,38,51)(H,39,43)(H,49,50)/t28-,29-,30+,31-,33+/m0/s1. The second kappa shape index (κ2) is 19.6. The summed E-state index contributed by atoms with van der Waals surface area (Å²) in [6, 6.07) is 4.21. The fourth-order valence-electron chi connectivity index (χ4n) is 5.29. The molecule has 1 fully saturated rings. The van der Waals surface area contributed by atoms with Gasteiger partial charge in [0.25, 0.3) is 11.8 Å². The number of aliphatic hydroxyl groups excluding tert-OH is 3. The van der Waals surface area contributed by atoms with Gasteiger partial charge >= 0.3 is 11.9 Å². The highest BCUT2D eigenvalue weighted by Crippen LogP contribution is 2.31. The fraction of sp³-hybridized carbons (Fsp3) is 0.583. The molecule has 2 aliphatic heterocycles. The van der Waals surface area contributed by atoms with Crippen LogP contribution in [0.25, 0.3) is 0 Å². The molecule has 0 aromatic heterocycles. The lowest BCUT2D eigenvalue weighted by atomic mass is 9.88. The summed E-state index contributed by atoms with van der Waals surface area (Å²) in [5, 5.41) is 48.0. The van der Waals surface area contributed by atoms with Gasteiger partial charge in [0, 0.05) is 63.6 Å². The van der Waals surface area contributed by atoms with Gasteiger partial charge in [-0.15, -0.1) is 0 Å². The lowest BCUT2D eigenvalue weighted by Crippen LogP contribution is -2.61. The Morgan fingerprint density at radius 1 is 0.873 bits per heavy atom. The van der Waals surface area contributed by atoms with Crippen molar-refractivity contribution in [1.82, 2.24) is 15.5 Å². The van der Waals surface area contributed by atoms with Crippen molar-refractivity contribution in [2.75, 3.05) is 31.6 Å². The third kappa shape index (κ3) is 13.4. The number of carbonyl (C=O) groups excluding carboxylic acids is 6. The molecule has 1 saturated heterocycles. The largest absolute Gasteiger partial charge is 0.479 e. The Balaban J connectivity index is 1.47. The van der Waals surface area contributed by atoms with Gasteiger partial charge in [0.1, 0.15) is 30.7 Å². The van der Waals surface area contributed by atoms with E-state index in [0.717, 1.165) is 17.1 Å². The molecule has 0 aliphatic carbocycles. The van der Waals surface area contributed by atoms with Gasteiger partial charge in [-0.3, -0.25) is 33.7 Å². The predicted octanol–water partition coefficient (Wildman–Crippen LogP) is -0.502. The lowest BCUT2D eigenvalue weighted by Gasteiger charge is -2.38. The second-order valence-electron chi connectivity index (χ2n) is 14.3. The van der Waals surface area contributed by atoms with Crippen LogP contribution in [-0.2, 0) is 54.4 Å². The van der Waals surface area contributed by atoms with Crippen molar-refractivity contribution in [2.24, 2.45) is 5.41 Å². The monoisotopic (exact) mass is 778 g/mol. The van der Waals surface area contributed by atoms with Crippen LogP contribution in [0.4, 0.5) is 5.69 Å². The lowest BCUT2D eigenvalue weighted by molar-refractivity contribution is -0.271. The summed E-state index contributed by atoms with van der Waals surface area (Å²) in [6.07, 6.45) is -6.55. The number of amides is 5. The molecule has 55 heavy (non-hydrogen) atoms. The number of imide groups is 1. The number of nitrogens with zero attached hydrogens (tertiary/aromatic N) is 1. The van der Waals surface area contributed by atoms with Crippen molar-refractivity contribution >= 4 is 47.2 Å². The van der Waals surface area contributed by atoms with Crippen LogP contribution >= 0.6 is 0 Å². The number of aliphatic hydroxyl groups is 3. The number of carbonyl (C=O) groups is 7. The molecule has 5 atom stereocenters. The maximum atomic E-state index is 13.0. The van der Waals surface area contributed by atoms with Crippen molar-refractivity contribution in [1.29, 1.82) is 0 Å². The number of carboxylic acid groups (broad SMARTS) is 1. The summed E-state index contributed by atoms with van der Waals surface area (Å²) in [5.41, 5.74) is -1.10. The average molecular weight is 779 g/mol. The van der Waals surface area contributed by atoms with Crippen LogP contribution in [0.15, 0.2) is 30.4 Å². The molecule has 5 amide bonds. The summed E-state index contributed by atoms with van der Waals surface area (Å²) >= 11 is 0. The smallest absolute Gasteiger partial charge is 0.335 e. The normalized spacial score (nSPS) is 21.2. The van der Waals surface area contributed by atoms with Crippen LogP contribution in [0.3, 0.4) is 0 Å². The SMILES string of the molecule is CC(=O)OCc1ccc(O[C@@H]2O[C@H](C(=O)O)[C@@H](O)[C@H](O)[C@H]2O)c(NC(=O)CCNC(=O)C(C)(C)CCOC(C)(C)CCNC(=O)CCN2C(=O)C=CC2=O)c1. The van der Waals surface area contributed by atoms with E-state index in [0.29, 0.717) is 18.4 Å². The first-order valence-electron chi connectivity index (χ1n) is 17.6. The van der Waals surface area contributed by atoms with Gasteiger partial charge in [0.2, 0.25) is 24.0 Å². The molecule has 0 bridgehead atoms. The van der Waals surface area contributed by atoms with Crippen molar-refractivity contribution in [3.05, 3.63) is 35.9 Å². The maximum Gasteiger partial charge on any atom is 0.335 e. The van der Waals surface area contributed by atoms with Gasteiger partial charge in [-0.2, -0.15) is 0 Å². The molecule has 3 rings (SSSR count). The first kappa shape index (κ1) is 44.4. The Morgan fingerprint density at radius 2 is 1.55 bits per heavy atom. The molecule has 1 aromatic rings. The van der Waals surface area contributed by atoms with E-state index in [2.05, 4.69) is 16.0 Å². The molecule has 0 saturated carbocycles. The van der Waals surface area contributed by atoms with E-state index in [9.17, 15) is 54.0 Å². The van der Waals surface area contributed by atoms with E-state index in [1.165, 1.54) is 25.1 Å². The summed E-state index contributed by atoms with van der Waals surface area (Å²) in [5.74, 6) is -4.43. The van der Waals surface area contributed by atoms with E-state index in [1.807, 2.05) is 13.8 Å². The summed E-state index contributed by atoms with van der Waals surface area (Å²) in [4.78, 5) is 85.3. The Hall–Kier alpha value is -4.95. The van der Waals surface area contributed by atoms with Gasteiger partial charge < -0.3 is 55.3 Å². The zero-order valence-corrected chi connectivity index (χ0v) is 31.4.